The normalized spacial score (nSPS) is 10.2. The third-order valence-corrected chi connectivity index (χ3v) is 3.04. The molecule has 18 heavy (non-hydrogen) atoms. The van der Waals surface area contributed by atoms with Gasteiger partial charge in [-0.2, -0.15) is 0 Å². The van der Waals surface area contributed by atoms with Gasteiger partial charge in [-0.3, -0.25) is 4.79 Å². The minimum Gasteiger partial charge on any atom is -0.311 e. The smallest absolute Gasteiger partial charge is 0.258 e. The predicted molar refractivity (Wildman–Crippen MR) is 75.4 cm³/mol. The van der Waals surface area contributed by atoms with Crippen LogP contribution in [0, 0.1) is 6.92 Å². The molecule has 0 saturated carbocycles. The van der Waals surface area contributed by atoms with E-state index in [2.05, 4.69) is 0 Å². The zero-order chi connectivity index (χ0) is 13.1. The Morgan fingerprint density at radius 2 is 1.78 bits per heavy atom. The van der Waals surface area contributed by atoms with Gasteiger partial charge in [0, 0.05) is 23.3 Å². The van der Waals surface area contributed by atoms with Gasteiger partial charge in [-0.25, -0.2) is 0 Å². The van der Waals surface area contributed by atoms with Crippen LogP contribution in [0.25, 0.3) is 0 Å². The lowest BCUT2D eigenvalue weighted by atomic mass is 10.1. The first kappa shape index (κ1) is 12.7. The molecule has 0 radical (unpaired) electrons. The van der Waals surface area contributed by atoms with Crippen LogP contribution in [0.5, 0.6) is 0 Å². The van der Waals surface area contributed by atoms with E-state index in [1.165, 1.54) is 0 Å². The summed E-state index contributed by atoms with van der Waals surface area (Å²) in [5.41, 5.74) is 2.64. The van der Waals surface area contributed by atoms with Crippen molar-refractivity contribution >= 4 is 23.2 Å². The lowest BCUT2D eigenvalue weighted by Gasteiger charge is -2.17. The first-order chi connectivity index (χ1) is 8.58. The number of anilines is 1. The molecule has 0 fully saturated rings. The Labute approximate surface area is 112 Å². The Morgan fingerprint density at radius 1 is 1.11 bits per heavy atom. The number of rotatable bonds is 2. The van der Waals surface area contributed by atoms with Gasteiger partial charge < -0.3 is 4.90 Å². The Bertz CT molecular complexity index is 563. The van der Waals surface area contributed by atoms with Crippen LogP contribution in [0.15, 0.2) is 48.5 Å². The SMILES string of the molecule is Cc1cccc(N(C)C(=O)c2ccc(Cl)cc2)c1. The average molecular weight is 260 g/mol. The standard InChI is InChI=1S/C15H14ClNO/c1-11-4-3-5-14(10-11)17(2)15(18)12-6-8-13(16)9-7-12/h3-10H,1-2H3. The Balaban J connectivity index is 2.26. The number of hydrogen-bond donors (Lipinski definition) is 0. The molecule has 0 bridgehead atoms. The molecule has 0 atom stereocenters. The Hall–Kier alpha value is -1.80. The van der Waals surface area contributed by atoms with Gasteiger partial charge in [0.25, 0.3) is 5.91 Å². The fourth-order valence-corrected chi connectivity index (χ4v) is 1.87. The third kappa shape index (κ3) is 2.71. The molecule has 0 saturated heterocycles. The molecule has 0 N–H and O–H groups in total. The Kier molecular flexibility index (Phi) is 3.68. The minimum absolute atomic E-state index is 0.0442. The predicted octanol–water partition coefficient (Wildman–Crippen LogP) is 3.93. The number of aryl methyl sites for hydroxylation is 1. The van der Waals surface area contributed by atoms with E-state index in [0.29, 0.717) is 10.6 Å². The second kappa shape index (κ2) is 5.23. The molecule has 0 spiro atoms. The van der Waals surface area contributed by atoms with Gasteiger partial charge in [0.15, 0.2) is 0 Å². The average Bonchev–Trinajstić information content (AvgIpc) is 2.38. The molecule has 0 aliphatic heterocycles. The van der Waals surface area contributed by atoms with Gasteiger partial charge >= 0.3 is 0 Å². The van der Waals surface area contributed by atoms with E-state index < -0.39 is 0 Å². The zero-order valence-electron chi connectivity index (χ0n) is 10.4. The van der Waals surface area contributed by atoms with Gasteiger partial charge in [-0.15, -0.1) is 0 Å². The van der Waals surface area contributed by atoms with E-state index in [1.54, 1.807) is 36.2 Å². The van der Waals surface area contributed by atoms with Crippen LogP contribution < -0.4 is 4.90 Å². The fraction of sp³-hybridized carbons (Fsp3) is 0.133. The molecular formula is C15H14ClNO. The Morgan fingerprint density at radius 3 is 2.39 bits per heavy atom. The van der Waals surface area contributed by atoms with Gasteiger partial charge in [-0.05, 0) is 48.9 Å². The molecule has 3 heteroatoms. The molecule has 2 aromatic rings. The lowest BCUT2D eigenvalue weighted by molar-refractivity contribution is 0.0993. The summed E-state index contributed by atoms with van der Waals surface area (Å²) in [6.45, 7) is 2.00. The summed E-state index contributed by atoms with van der Waals surface area (Å²) >= 11 is 5.81. The van der Waals surface area contributed by atoms with E-state index in [1.807, 2.05) is 31.2 Å². The monoisotopic (exact) mass is 259 g/mol. The summed E-state index contributed by atoms with van der Waals surface area (Å²) in [5.74, 6) is -0.0442. The van der Waals surface area contributed by atoms with Crippen LogP contribution in [-0.4, -0.2) is 13.0 Å². The first-order valence-electron chi connectivity index (χ1n) is 5.68. The number of amides is 1. The van der Waals surface area contributed by atoms with Crippen molar-refractivity contribution in [3.8, 4) is 0 Å². The molecule has 2 nitrogen and oxygen atoms in total. The molecule has 0 unspecified atom stereocenters. The van der Waals surface area contributed by atoms with Crippen molar-refractivity contribution < 1.29 is 4.79 Å². The molecule has 2 rings (SSSR count). The highest BCUT2D eigenvalue weighted by molar-refractivity contribution is 6.30. The fourth-order valence-electron chi connectivity index (χ4n) is 1.74. The number of benzene rings is 2. The molecular weight excluding hydrogens is 246 g/mol. The lowest BCUT2D eigenvalue weighted by Crippen LogP contribution is -2.26. The zero-order valence-corrected chi connectivity index (χ0v) is 11.1. The van der Waals surface area contributed by atoms with Crippen molar-refractivity contribution in [1.29, 1.82) is 0 Å². The second-order valence-corrected chi connectivity index (χ2v) is 4.65. The van der Waals surface area contributed by atoms with Crippen LogP contribution in [0.3, 0.4) is 0 Å². The van der Waals surface area contributed by atoms with Crippen molar-refractivity contribution in [2.24, 2.45) is 0 Å². The third-order valence-electron chi connectivity index (χ3n) is 2.78. The summed E-state index contributed by atoms with van der Waals surface area (Å²) in [6.07, 6.45) is 0. The number of nitrogens with zero attached hydrogens (tertiary/aromatic N) is 1. The summed E-state index contributed by atoms with van der Waals surface area (Å²) in [5, 5.41) is 0.629. The molecule has 0 aliphatic rings. The van der Waals surface area contributed by atoms with Crippen LogP contribution in [-0.2, 0) is 0 Å². The largest absolute Gasteiger partial charge is 0.311 e. The van der Waals surface area contributed by atoms with Crippen molar-refractivity contribution in [2.45, 2.75) is 6.92 Å². The molecule has 1 amide bonds. The maximum absolute atomic E-state index is 12.3. The molecule has 92 valence electrons. The highest BCUT2D eigenvalue weighted by Gasteiger charge is 2.13. The van der Waals surface area contributed by atoms with E-state index in [0.717, 1.165) is 11.3 Å². The quantitative estimate of drug-likeness (QED) is 0.800. The topological polar surface area (TPSA) is 20.3 Å². The summed E-state index contributed by atoms with van der Waals surface area (Å²) in [4.78, 5) is 13.9. The molecule has 0 aliphatic carbocycles. The number of hydrogen-bond acceptors (Lipinski definition) is 1. The van der Waals surface area contributed by atoms with E-state index in [-0.39, 0.29) is 5.91 Å². The molecule has 2 aromatic carbocycles. The molecule has 0 aromatic heterocycles. The van der Waals surface area contributed by atoms with Crippen LogP contribution in [0.4, 0.5) is 5.69 Å². The second-order valence-electron chi connectivity index (χ2n) is 4.21. The van der Waals surface area contributed by atoms with Crippen LogP contribution >= 0.6 is 11.6 Å². The van der Waals surface area contributed by atoms with E-state index >= 15 is 0 Å². The summed E-state index contributed by atoms with van der Waals surface area (Å²) in [7, 11) is 1.77. The summed E-state index contributed by atoms with van der Waals surface area (Å²) in [6, 6.07) is 14.8. The number of carbonyl (C=O) groups is 1. The van der Waals surface area contributed by atoms with Gasteiger partial charge in [0.05, 0.1) is 0 Å². The van der Waals surface area contributed by atoms with Gasteiger partial charge in [0.2, 0.25) is 0 Å². The first-order valence-corrected chi connectivity index (χ1v) is 6.06. The van der Waals surface area contributed by atoms with Crippen LogP contribution in [0.1, 0.15) is 15.9 Å². The van der Waals surface area contributed by atoms with E-state index in [4.69, 9.17) is 11.6 Å². The highest BCUT2D eigenvalue weighted by Crippen LogP contribution is 2.18. The van der Waals surface area contributed by atoms with E-state index in [9.17, 15) is 4.79 Å². The van der Waals surface area contributed by atoms with Gasteiger partial charge in [0.1, 0.15) is 0 Å². The van der Waals surface area contributed by atoms with Crippen LogP contribution in [0.2, 0.25) is 5.02 Å². The summed E-state index contributed by atoms with van der Waals surface area (Å²) < 4.78 is 0. The maximum Gasteiger partial charge on any atom is 0.258 e. The molecule has 0 heterocycles. The minimum atomic E-state index is -0.0442. The van der Waals surface area contributed by atoms with Crippen molar-refractivity contribution in [1.82, 2.24) is 0 Å². The maximum atomic E-state index is 12.3. The highest BCUT2D eigenvalue weighted by atomic mass is 35.5. The number of carbonyl (C=O) groups excluding carboxylic acids is 1. The number of halogens is 1. The van der Waals surface area contributed by atoms with Crippen molar-refractivity contribution in [3.63, 3.8) is 0 Å². The van der Waals surface area contributed by atoms with Crippen molar-refractivity contribution in [2.75, 3.05) is 11.9 Å². The van der Waals surface area contributed by atoms with Gasteiger partial charge in [-0.1, -0.05) is 23.7 Å². The van der Waals surface area contributed by atoms with Crippen molar-refractivity contribution in [3.05, 3.63) is 64.7 Å².